The lowest BCUT2D eigenvalue weighted by Gasteiger charge is -2.40. The second-order valence-corrected chi connectivity index (χ2v) is 6.46. The van der Waals surface area contributed by atoms with E-state index in [1.165, 1.54) is 19.3 Å². The zero-order valence-corrected chi connectivity index (χ0v) is 12.5. The Bertz CT molecular complexity index is 438. The fourth-order valence-electron chi connectivity index (χ4n) is 2.44. The highest BCUT2D eigenvalue weighted by atomic mass is 32.2. The summed E-state index contributed by atoms with van der Waals surface area (Å²) >= 11 is 1.98. The molecule has 1 saturated carbocycles. The molecule has 0 aliphatic heterocycles. The van der Waals surface area contributed by atoms with Crippen LogP contribution in [0, 0.1) is 0 Å². The van der Waals surface area contributed by atoms with E-state index >= 15 is 0 Å². The van der Waals surface area contributed by atoms with Gasteiger partial charge in [-0.05, 0) is 30.7 Å². The second-order valence-electron chi connectivity index (χ2n) is 5.18. The first-order valence-electron chi connectivity index (χ1n) is 6.77. The van der Waals surface area contributed by atoms with Crippen molar-refractivity contribution < 1.29 is 4.79 Å². The van der Waals surface area contributed by atoms with Gasteiger partial charge in [0, 0.05) is 30.4 Å². The summed E-state index contributed by atoms with van der Waals surface area (Å²) in [6.45, 7) is 3.39. The van der Waals surface area contributed by atoms with Crippen molar-refractivity contribution in [2.75, 3.05) is 18.1 Å². The van der Waals surface area contributed by atoms with Gasteiger partial charge in [-0.2, -0.15) is 11.8 Å². The van der Waals surface area contributed by atoms with E-state index in [0.29, 0.717) is 4.75 Å². The van der Waals surface area contributed by atoms with Gasteiger partial charge in [0.2, 0.25) is 5.91 Å². The Morgan fingerprint density at radius 1 is 1.37 bits per heavy atom. The van der Waals surface area contributed by atoms with Crippen molar-refractivity contribution >= 4 is 23.4 Å². The highest BCUT2D eigenvalue weighted by Crippen LogP contribution is 2.42. The number of rotatable bonds is 6. The number of amides is 1. The number of carbonyl (C=O) groups is 1. The van der Waals surface area contributed by atoms with Gasteiger partial charge in [0.05, 0.1) is 0 Å². The van der Waals surface area contributed by atoms with Crippen LogP contribution in [0.3, 0.4) is 0 Å². The molecule has 0 atom stereocenters. The maximum absolute atomic E-state index is 11.2. The number of thioether (sulfide) groups is 1. The molecule has 19 heavy (non-hydrogen) atoms. The zero-order valence-electron chi connectivity index (χ0n) is 11.7. The van der Waals surface area contributed by atoms with Gasteiger partial charge >= 0.3 is 0 Å². The van der Waals surface area contributed by atoms with Crippen LogP contribution in [-0.4, -0.2) is 23.5 Å². The molecule has 1 aromatic carbocycles. The quantitative estimate of drug-likeness (QED) is 0.840. The van der Waals surface area contributed by atoms with Crippen molar-refractivity contribution in [3.05, 3.63) is 29.8 Å². The largest absolute Gasteiger partial charge is 0.326 e. The summed E-state index contributed by atoms with van der Waals surface area (Å²) < 4.78 is 0.447. The summed E-state index contributed by atoms with van der Waals surface area (Å²) in [5, 5.41) is 6.42. The second kappa shape index (κ2) is 6.44. The third kappa shape index (κ3) is 3.74. The molecule has 104 valence electrons. The highest BCUT2D eigenvalue weighted by Gasteiger charge is 2.35. The van der Waals surface area contributed by atoms with Gasteiger partial charge in [-0.1, -0.05) is 24.6 Å². The Kier molecular flexibility index (Phi) is 4.88. The molecular weight excluding hydrogens is 256 g/mol. The van der Waals surface area contributed by atoms with Gasteiger partial charge in [0.1, 0.15) is 0 Å². The molecule has 3 nitrogen and oxygen atoms in total. The van der Waals surface area contributed by atoms with Crippen LogP contribution in [0.4, 0.5) is 5.69 Å². The fourth-order valence-corrected chi connectivity index (χ4v) is 3.38. The van der Waals surface area contributed by atoms with Gasteiger partial charge in [-0.3, -0.25) is 4.79 Å². The third-order valence-electron chi connectivity index (χ3n) is 3.79. The van der Waals surface area contributed by atoms with E-state index in [9.17, 15) is 4.79 Å². The first-order valence-corrected chi connectivity index (χ1v) is 7.99. The molecule has 1 amide bonds. The first-order chi connectivity index (χ1) is 9.15. The average molecular weight is 278 g/mol. The molecular formula is C15H22N2OS. The third-order valence-corrected chi connectivity index (χ3v) is 5.21. The number of hydrogen-bond donors (Lipinski definition) is 2. The molecule has 0 spiro atoms. The van der Waals surface area contributed by atoms with E-state index in [1.54, 1.807) is 6.92 Å². The molecule has 0 saturated heterocycles. The minimum absolute atomic E-state index is 0.0213. The maximum atomic E-state index is 11.2. The maximum Gasteiger partial charge on any atom is 0.221 e. The van der Waals surface area contributed by atoms with Crippen LogP contribution >= 0.6 is 11.8 Å². The van der Waals surface area contributed by atoms with Crippen LogP contribution in [0.15, 0.2) is 24.3 Å². The van der Waals surface area contributed by atoms with E-state index in [4.69, 9.17) is 0 Å². The first kappa shape index (κ1) is 14.4. The summed E-state index contributed by atoms with van der Waals surface area (Å²) in [7, 11) is 0. The summed E-state index contributed by atoms with van der Waals surface area (Å²) in [6.07, 6.45) is 6.18. The number of carbonyl (C=O) groups excluding carboxylic acids is 1. The Hall–Kier alpha value is -1.00. The molecule has 0 radical (unpaired) electrons. The van der Waals surface area contributed by atoms with Crippen LogP contribution in [0.5, 0.6) is 0 Å². The lowest BCUT2D eigenvalue weighted by molar-refractivity contribution is -0.114. The normalized spacial score (nSPS) is 16.7. The zero-order chi connectivity index (χ0) is 13.7. The van der Waals surface area contributed by atoms with Gasteiger partial charge in [-0.15, -0.1) is 0 Å². The Labute approximate surface area is 119 Å². The number of anilines is 1. The summed E-state index contributed by atoms with van der Waals surface area (Å²) in [6, 6.07) is 7.97. The van der Waals surface area contributed by atoms with Crippen LogP contribution < -0.4 is 10.6 Å². The van der Waals surface area contributed by atoms with Gasteiger partial charge < -0.3 is 10.6 Å². The molecule has 0 heterocycles. The molecule has 4 heteroatoms. The lowest BCUT2D eigenvalue weighted by Crippen LogP contribution is -2.43. The van der Waals surface area contributed by atoms with Crippen LogP contribution in [0.25, 0.3) is 0 Å². The average Bonchev–Trinajstić information content (AvgIpc) is 2.34. The standard InChI is InChI=1S/C15H22N2OS/c1-12(18)17-14-7-4-3-6-13(14)10-16-11-15(19-2)8-5-9-15/h3-4,6-7,16H,5,8-11H2,1-2H3,(H,17,18). The molecule has 0 bridgehead atoms. The SMILES string of the molecule is CSC1(CNCc2ccccc2NC(C)=O)CCC1. The fraction of sp³-hybridized carbons (Fsp3) is 0.533. The molecule has 0 aromatic heterocycles. The van der Waals surface area contributed by atoms with Crippen molar-refractivity contribution in [2.45, 2.75) is 37.5 Å². The van der Waals surface area contributed by atoms with Gasteiger partial charge in [0.15, 0.2) is 0 Å². The van der Waals surface area contributed by atoms with Crippen molar-refractivity contribution in [2.24, 2.45) is 0 Å². The van der Waals surface area contributed by atoms with E-state index in [-0.39, 0.29) is 5.91 Å². The van der Waals surface area contributed by atoms with E-state index in [1.807, 2.05) is 30.0 Å². The molecule has 1 aliphatic carbocycles. The number of nitrogens with one attached hydrogen (secondary N) is 2. The van der Waals surface area contributed by atoms with Crippen molar-refractivity contribution in [1.29, 1.82) is 0 Å². The van der Waals surface area contributed by atoms with Crippen molar-refractivity contribution in [3.63, 3.8) is 0 Å². The summed E-state index contributed by atoms with van der Waals surface area (Å²) in [4.78, 5) is 11.2. The Morgan fingerprint density at radius 2 is 2.11 bits per heavy atom. The minimum Gasteiger partial charge on any atom is -0.326 e. The van der Waals surface area contributed by atoms with Gasteiger partial charge in [0.25, 0.3) is 0 Å². The van der Waals surface area contributed by atoms with Gasteiger partial charge in [-0.25, -0.2) is 0 Å². The molecule has 1 aromatic rings. The van der Waals surface area contributed by atoms with E-state index in [0.717, 1.165) is 24.3 Å². The van der Waals surface area contributed by atoms with E-state index in [2.05, 4.69) is 23.0 Å². The predicted octanol–water partition coefficient (Wildman–Crippen LogP) is 3.02. The number of hydrogen-bond acceptors (Lipinski definition) is 3. The number of para-hydroxylation sites is 1. The van der Waals surface area contributed by atoms with E-state index < -0.39 is 0 Å². The Morgan fingerprint density at radius 3 is 2.68 bits per heavy atom. The molecule has 2 rings (SSSR count). The molecule has 1 fully saturated rings. The number of benzene rings is 1. The van der Waals surface area contributed by atoms with Crippen LogP contribution in [0.1, 0.15) is 31.7 Å². The van der Waals surface area contributed by atoms with Crippen molar-refractivity contribution in [1.82, 2.24) is 5.32 Å². The Balaban J connectivity index is 1.90. The summed E-state index contributed by atoms with van der Waals surface area (Å²) in [5.41, 5.74) is 2.06. The van der Waals surface area contributed by atoms with Crippen LogP contribution in [-0.2, 0) is 11.3 Å². The summed E-state index contributed by atoms with van der Waals surface area (Å²) in [5.74, 6) is -0.0213. The van der Waals surface area contributed by atoms with Crippen LogP contribution in [0.2, 0.25) is 0 Å². The molecule has 2 N–H and O–H groups in total. The highest BCUT2D eigenvalue weighted by molar-refractivity contribution is 8.00. The topological polar surface area (TPSA) is 41.1 Å². The minimum atomic E-state index is -0.0213. The predicted molar refractivity (Wildman–Crippen MR) is 82.5 cm³/mol. The monoisotopic (exact) mass is 278 g/mol. The molecule has 0 unspecified atom stereocenters. The molecule has 1 aliphatic rings. The van der Waals surface area contributed by atoms with Crippen molar-refractivity contribution in [3.8, 4) is 0 Å². The lowest BCUT2D eigenvalue weighted by atomic mass is 9.84. The smallest absolute Gasteiger partial charge is 0.221 e.